The van der Waals surface area contributed by atoms with Gasteiger partial charge in [0.25, 0.3) is 0 Å². The van der Waals surface area contributed by atoms with Gasteiger partial charge in [0, 0.05) is 25.3 Å². The van der Waals surface area contributed by atoms with Gasteiger partial charge in [0.15, 0.2) is 0 Å². The number of aryl methyl sites for hydroxylation is 1. The second-order valence-electron chi connectivity index (χ2n) is 5.82. The molecule has 2 nitrogen and oxygen atoms in total. The lowest BCUT2D eigenvalue weighted by Gasteiger charge is -2.23. The fourth-order valence-electron chi connectivity index (χ4n) is 3.29. The number of hydrogen-bond donors (Lipinski definition) is 1. The maximum atomic E-state index is 3.64. The molecule has 98 valence electrons. The van der Waals surface area contributed by atoms with E-state index in [1.54, 1.807) is 5.56 Å². The fourth-order valence-corrected chi connectivity index (χ4v) is 3.29. The van der Waals surface area contributed by atoms with Crippen molar-refractivity contribution in [2.45, 2.75) is 44.6 Å². The van der Waals surface area contributed by atoms with Crippen LogP contribution in [-0.2, 0) is 12.8 Å². The van der Waals surface area contributed by atoms with Crippen LogP contribution in [0.25, 0.3) is 0 Å². The first-order valence-electron chi connectivity index (χ1n) is 7.39. The summed E-state index contributed by atoms with van der Waals surface area (Å²) in [5.41, 5.74) is 4.51. The summed E-state index contributed by atoms with van der Waals surface area (Å²) in [6.07, 6.45) is 7.90. The molecule has 0 radical (unpaired) electrons. The minimum atomic E-state index is 0.759. The van der Waals surface area contributed by atoms with Crippen molar-refractivity contribution in [3.63, 3.8) is 0 Å². The molecule has 0 aliphatic carbocycles. The molecule has 1 fully saturated rings. The molecule has 0 spiro atoms. The van der Waals surface area contributed by atoms with Gasteiger partial charge in [-0.2, -0.15) is 0 Å². The highest BCUT2D eigenvalue weighted by molar-refractivity contribution is 5.58. The lowest BCUT2D eigenvalue weighted by atomic mass is 9.97. The summed E-state index contributed by atoms with van der Waals surface area (Å²) < 4.78 is 0. The molecule has 0 amide bonds. The van der Waals surface area contributed by atoms with Crippen LogP contribution in [0.3, 0.4) is 0 Å². The largest absolute Gasteiger partial charge is 0.374 e. The third kappa shape index (κ3) is 2.54. The molecule has 1 saturated heterocycles. The van der Waals surface area contributed by atoms with Gasteiger partial charge in [-0.15, -0.1) is 0 Å². The Hall–Kier alpha value is -1.02. The van der Waals surface area contributed by atoms with E-state index in [0.717, 1.165) is 6.04 Å². The molecule has 1 unspecified atom stereocenters. The lowest BCUT2D eigenvalue weighted by Crippen LogP contribution is -2.34. The van der Waals surface area contributed by atoms with Crippen molar-refractivity contribution in [2.24, 2.45) is 0 Å². The second-order valence-corrected chi connectivity index (χ2v) is 5.82. The molecule has 0 aromatic heterocycles. The smallest absolute Gasteiger partial charge is 0.0397 e. The number of benzene rings is 1. The molecule has 1 aromatic rings. The van der Waals surface area contributed by atoms with Crippen LogP contribution in [-0.4, -0.2) is 26.2 Å². The number of likely N-dealkylation sites (N-methyl/N-ethyl adjacent to an activating group) is 1. The highest BCUT2D eigenvalue weighted by Gasteiger charge is 2.16. The SMILES string of the molecule is CN1CCc2cc(CCC3CCCCN3)ccc21. The van der Waals surface area contributed by atoms with E-state index < -0.39 is 0 Å². The zero-order valence-electron chi connectivity index (χ0n) is 11.4. The topological polar surface area (TPSA) is 15.3 Å². The summed E-state index contributed by atoms with van der Waals surface area (Å²) in [5.74, 6) is 0. The van der Waals surface area contributed by atoms with Crippen molar-refractivity contribution >= 4 is 5.69 Å². The van der Waals surface area contributed by atoms with Crippen molar-refractivity contribution in [3.8, 4) is 0 Å². The van der Waals surface area contributed by atoms with Crippen LogP contribution in [0.4, 0.5) is 5.69 Å². The molecule has 0 bridgehead atoms. The van der Waals surface area contributed by atoms with Crippen LogP contribution in [0, 0.1) is 0 Å². The molecule has 2 heterocycles. The number of piperidine rings is 1. The lowest BCUT2D eigenvalue weighted by molar-refractivity contribution is 0.383. The Bertz CT molecular complexity index is 408. The number of nitrogens with one attached hydrogen (secondary N) is 1. The average Bonchev–Trinajstić information content (AvgIpc) is 2.79. The summed E-state index contributed by atoms with van der Waals surface area (Å²) >= 11 is 0. The maximum Gasteiger partial charge on any atom is 0.0397 e. The first-order chi connectivity index (χ1) is 8.83. The molecule has 0 saturated carbocycles. The van der Waals surface area contributed by atoms with Crippen molar-refractivity contribution in [1.82, 2.24) is 5.32 Å². The van der Waals surface area contributed by atoms with Gasteiger partial charge in [0.2, 0.25) is 0 Å². The molecular formula is C16H24N2. The third-order valence-electron chi connectivity index (χ3n) is 4.47. The molecule has 18 heavy (non-hydrogen) atoms. The van der Waals surface area contributed by atoms with Crippen LogP contribution in [0.2, 0.25) is 0 Å². The standard InChI is InChI=1S/C16H24N2/c1-18-11-9-14-12-13(6-8-16(14)18)5-7-15-4-2-3-10-17-15/h6,8,12,15,17H,2-5,7,9-11H2,1H3. The Balaban J connectivity index is 1.60. The van der Waals surface area contributed by atoms with Crippen LogP contribution in [0.15, 0.2) is 18.2 Å². The number of fused-ring (bicyclic) bond motifs is 1. The Kier molecular flexibility index (Phi) is 3.55. The maximum absolute atomic E-state index is 3.64. The van der Waals surface area contributed by atoms with Crippen LogP contribution < -0.4 is 10.2 Å². The molecule has 2 aliphatic heterocycles. The molecule has 2 aliphatic rings. The monoisotopic (exact) mass is 244 g/mol. The Morgan fingerprint density at radius 1 is 1.33 bits per heavy atom. The molecule has 2 heteroatoms. The zero-order chi connectivity index (χ0) is 12.4. The van der Waals surface area contributed by atoms with E-state index in [2.05, 4.69) is 35.5 Å². The van der Waals surface area contributed by atoms with Gasteiger partial charge in [-0.05, 0) is 55.8 Å². The van der Waals surface area contributed by atoms with Crippen molar-refractivity contribution in [2.75, 3.05) is 25.0 Å². The number of anilines is 1. The van der Waals surface area contributed by atoms with E-state index >= 15 is 0 Å². The third-order valence-corrected chi connectivity index (χ3v) is 4.47. The van der Waals surface area contributed by atoms with Gasteiger partial charge < -0.3 is 10.2 Å². The molecule has 1 atom stereocenters. The van der Waals surface area contributed by atoms with E-state index in [0.29, 0.717) is 0 Å². The number of hydrogen-bond acceptors (Lipinski definition) is 2. The van der Waals surface area contributed by atoms with E-state index in [-0.39, 0.29) is 0 Å². The van der Waals surface area contributed by atoms with Crippen molar-refractivity contribution in [3.05, 3.63) is 29.3 Å². The first kappa shape index (κ1) is 12.0. The van der Waals surface area contributed by atoms with Gasteiger partial charge in [0.05, 0.1) is 0 Å². The van der Waals surface area contributed by atoms with Crippen LogP contribution in [0.5, 0.6) is 0 Å². The quantitative estimate of drug-likeness (QED) is 0.879. The predicted molar refractivity (Wildman–Crippen MR) is 77.4 cm³/mol. The first-order valence-corrected chi connectivity index (χ1v) is 7.39. The highest BCUT2D eigenvalue weighted by atomic mass is 15.1. The summed E-state index contributed by atoms with van der Waals surface area (Å²) in [5, 5.41) is 3.64. The Labute approximate surface area is 110 Å². The summed E-state index contributed by atoms with van der Waals surface area (Å²) in [6.45, 7) is 2.41. The van der Waals surface area contributed by atoms with E-state index in [1.807, 2.05) is 0 Å². The predicted octanol–water partition coefficient (Wildman–Crippen LogP) is 2.75. The van der Waals surface area contributed by atoms with Crippen molar-refractivity contribution < 1.29 is 0 Å². The van der Waals surface area contributed by atoms with E-state index in [9.17, 15) is 0 Å². The van der Waals surface area contributed by atoms with Crippen LogP contribution in [0.1, 0.15) is 36.8 Å². The summed E-state index contributed by atoms with van der Waals surface area (Å²) in [4.78, 5) is 2.36. The minimum Gasteiger partial charge on any atom is -0.374 e. The molecular weight excluding hydrogens is 220 g/mol. The van der Waals surface area contributed by atoms with Gasteiger partial charge >= 0.3 is 0 Å². The Morgan fingerprint density at radius 2 is 2.28 bits per heavy atom. The zero-order valence-corrected chi connectivity index (χ0v) is 11.4. The van der Waals surface area contributed by atoms with E-state index in [1.165, 1.54) is 62.9 Å². The molecule has 3 rings (SSSR count). The van der Waals surface area contributed by atoms with Crippen LogP contribution >= 0.6 is 0 Å². The molecule has 1 aromatic carbocycles. The average molecular weight is 244 g/mol. The van der Waals surface area contributed by atoms with Crippen molar-refractivity contribution in [1.29, 1.82) is 0 Å². The summed E-state index contributed by atoms with van der Waals surface area (Å²) in [7, 11) is 2.19. The second kappa shape index (κ2) is 5.31. The number of rotatable bonds is 3. The summed E-state index contributed by atoms with van der Waals surface area (Å²) in [6, 6.07) is 7.83. The number of nitrogens with zero attached hydrogens (tertiary/aromatic N) is 1. The highest BCUT2D eigenvalue weighted by Crippen LogP contribution is 2.28. The molecule has 1 N–H and O–H groups in total. The van der Waals surface area contributed by atoms with Gasteiger partial charge in [-0.25, -0.2) is 0 Å². The van der Waals surface area contributed by atoms with Gasteiger partial charge in [-0.3, -0.25) is 0 Å². The van der Waals surface area contributed by atoms with Gasteiger partial charge in [-0.1, -0.05) is 18.6 Å². The van der Waals surface area contributed by atoms with Gasteiger partial charge in [0.1, 0.15) is 0 Å². The minimum absolute atomic E-state index is 0.759. The fraction of sp³-hybridized carbons (Fsp3) is 0.625. The van der Waals surface area contributed by atoms with E-state index in [4.69, 9.17) is 0 Å². The Morgan fingerprint density at radius 3 is 3.11 bits per heavy atom. The normalized spacial score (nSPS) is 23.2.